The van der Waals surface area contributed by atoms with E-state index >= 15 is 0 Å². The van der Waals surface area contributed by atoms with Crippen molar-refractivity contribution >= 4 is 11.7 Å². The van der Waals surface area contributed by atoms with Gasteiger partial charge in [-0.05, 0) is 31.9 Å². The Morgan fingerprint density at radius 1 is 1.30 bits per heavy atom. The predicted molar refractivity (Wildman–Crippen MR) is 80.5 cm³/mol. The first kappa shape index (κ1) is 19.1. The van der Waals surface area contributed by atoms with Crippen molar-refractivity contribution in [1.29, 1.82) is 0 Å². The van der Waals surface area contributed by atoms with Gasteiger partial charge >= 0.3 is 12.2 Å². The van der Waals surface area contributed by atoms with Crippen LogP contribution in [0.5, 0.6) is 5.75 Å². The number of alkyl halides is 3. The molecule has 5 nitrogen and oxygen atoms in total. The molecule has 0 saturated heterocycles. The van der Waals surface area contributed by atoms with E-state index in [4.69, 9.17) is 9.84 Å². The van der Waals surface area contributed by atoms with Crippen molar-refractivity contribution in [3.8, 4) is 5.75 Å². The summed E-state index contributed by atoms with van der Waals surface area (Å²) in [4.78, 5) is 12.0. The number of nitrogens with one attached hydrogen (secondary N) is 2. The van der Waals surface area contributed by atoms with E-state index in [-0.39, 0.29) is 18.0 Å². The second kappa shape index (κ2) is 8.05. The molecule has 0 spiro atoms. The zero-order chi connectivity index (χ0) is 17.5. The molecule has 1 atom stereocenters. The van der Waals surface area contributed by atoms with E-state index in [0.29, 0.717) is 12.8 Å². The Balaban J connectivity index is 2.75. The van der Waals surface area contributed by atoms with Crippen molar-refractivity contribution in [1.82, 2.24) is 5.32 Å². The van der Waals surface area contributed by atoms with Crippen molar-refractivity contribution in [2.45, 2.75) is 38.4 Å². The number of amides is 2. The smallest absolute Gasteiger partial charge is 0.422 e. The van der Waals surface area contributed by atoms with Crippen molar-refractivity contribution < 1.29 is 27.8 Å². The number of carbonyl (C=O) groups is 1. The van der Waals surface area contributed by atoms with Crippen LogP contribution in [0.2, 0.25) is 0 Å². The monoisotopic (exact) mass is 334 g/mol. The quantitative estimate of drug-likeness (QED) is 0.716. The topological polar surface area (TPSA) is 70.6 Å². The number of para-hydroxylation sites is 2. The van der Waals surface area contributed by atoms with Crippen LogP contribution in [-0.4, -0.2) is 36.1 Å². The second-order valence-electron chi connectivity index (χ2n) is 5.37. The Labute approximate surface area is 132 Å². The third kappa shape index (κ3) is 6.77. The second-order valence-corrected chi connectivity index (χ2v) is 5.37. The highest BCUT2D eigenvalue weighted by atomic mass is 19.4. The Hall–Kier alpha value is -1.96. The molecule has 0 saturated carbocycles. The zero-order valence-corrected chi connectivity index (χ0v) is 13.0. The fourth-order valence-corrected chi connectivity index (χ4v) is 1.86. The van der Waals surface area contributed by atoms with Crippen LogP contribution in [0.15, 0.2) is 24.3 Å². The summed E-state index contributed by atoms with van der Waals surface area (Å²) in [6.07, 6.45) is -3.51. The van der Waals surface area contributed by atoms with Crippen molar-refractivity contribution in [2.75, 3.05) is 18.5 Å². The summed E-state index contributed by atoms with van der Waals surface area (Å²) < 4.78 is 41.4. The molecule has 130 valence electrons. The molecule has 23 heavy (non-hydrogen) atoms. The lowest BCUT2D eigenvalue weighted by Gasteiger charge is -2.29. The molecule has 8 heteroatoms. The molecule has 0 fully saturated rings. The number of benzene rings is 1. The molecular weight excluding hydrogens is 313 g/mol. The lowest BCUT2D eigenvalue weighted by Crippen LogP contribution is -2.48. The number of aliphatic hydroxyl groups is 1. The number of hydrogen-bond donors (Lipinski definition) is 3. The first-order chi connectivity index (χ1) is 10.7. The molecule has 0 radical (unpaired) electrons. The highest BCUT2D eigenvalue weighted by Crippen LogP contribution is 2.26. The minimum Gasteiger partial charge on any atom is -0.482 e. The van der Waals surface area contributed by atoms with Gasteiger partial charge in [0.1, 0.15) is 5.75 Å². The number of aliphatic hydroxyl groups excluding tert-OH is 1. The summed E-state index contributed by atoms with van der Waals surface area (Å²) in [5, 5.41) is 14.2. The van der Waals surface area contributed by atoms with Gasteiger partial charge in [0.15, 0.2) is 6.61 Å². The van der Waals surface area contributed by atoms with Crippen molar-refractivity contribution in [3.05, 3.63) is 24.3 Å². The first-order valence-corrected chi connectivity index (χ1v) is 7.18. The fraction of sp³-hybridized carbons (Fsp3) is 0.533. The maximum absolute atomic E-state index is 12.2. The molecular formula is C15H21F3N2O3. The molecule has 1 rings (SSSR count). The number of carbonyl (C=O) groups excluding carboxylic acids is 1. The van der Waals surface area contributed by atoms with Gasteiger partial charge in [-0.25, -0.2) is 4.79 Å². The van der Waals surface area contributed by atoms with E-state index in [9.17, 15) is 18.0 Å². The Bertz CT molecular complexity index is 523. The Kier molecular flexibility index (Phi) is 6.68. The molecule has 0 aliphatic heterocycles. The lowest BCUT2D eigenvalue weighted by atomic mass is 9.95. The molecule has 1 unspecified atom stereocenters. The van der Waals surface area contributed by atoms with Gasteiger partial charge in [-0.2, -0.15) is 13.2 Å². The van der Waals surface area contributed by atoms with Gasteiger partial charge in [0, 0.05) is 12.1 Å². The predicted octanol–water partition coefficient (Wildman–Crippen LogP) is 3.30. The lowest BCUT2D eigenvalue weighted by molar-refractivity contribution is -0.153. The molecule has 0 aliphatic rings. The molecule has 1 aromatic carbocycles. The van der Waals surface area contributed by atoms with Crippen LogP contribution in [-0.2, 0) is 0 Å². The number of ether oxygens (including phenoxy) is 1. The summed E-state index contributed by atoms with van der Waals surface area (Å²) in [7, 11) is 0. The number of hydrogen-bond acceptors (Lipinski definition) is 3. The van der Waals surface area contributed by atoms with Crippen LogP contribution < -0.4 is 15.4 Å². The number of halogens is 3. The highest BCUT2D eigenvalue weighted by molar-refractivity contribution is 5.91. The first-order valence-electron chi connectivity index (χ1n) is 7.18. The van der Waals surface area contributed by atoms with Crippen LogP contribution in [0.1, 0.15) is 26.7 Å². The Morgan fingerprint density at radius 3 is 2.52 bits per heavy atom. The van der Waals surface area contributed by atoms with Crippen LogP contribution in [0.3, 0.4) is 0 Å². The molecule has 1 aromatic rings. The number of rotatable bonds is 7. The van der Waals surface area contributed by atoms with Gasteiger partial charge in [-0.3, -0.25) is 0 Å². The van der Waals surface area contributed by atoms with E-state index in [2.05, 4.69) is 10.6 Å². The van der Waals surface area contributed by atoms with Crippen molar-refractivity contribution in [2.24, 2.45) is 0 Å². The molecule has 2 amide bonds. The maximum atomic E-state index is 12.2. The summed E-state index contributed by atoms with van der Waals surface area (Å²) in [6.45, 7) is 2.10. The molecule has 0 bridgehead atoms. The van der Waals surface area contributed by atoms with Gasteiger partial charge in [0.05, 0.1) is 5.69 Å². The molecule has 0 heterocycles. The van der Waals surface area contributed by atoms with Gasteiger partial charge < -0.3 is 20.5 Å². The summed E-state index contributed by atoms with van der Waals surface area (Å²) in [5.41, 5.74) is -0.475. The van der Waals surface area contributed by atoms with E-state index in [1.165, 1.54) is 18.2 Å². The third-order valence-electron chi connectivity index (χ3n) is 3.39. The fourth-order valence-electron chi connectivity index (χ4n) is 1.86. The van der Waals surface area contributed by atoms with Crippen LogP contribution in [0, 0.1) is 0 Å². The minimum absolute atomic E-state index is 0.0691. The highest BCUT2D eigenvalue weighted by Gasteiger charge is 2.29. The van der Waals surface area contributed by atoms with Gasteiger partial charge in [-0.1, -0.05) is 19.1 Å². The number of urea groups is 1. The van der Waals surface area contributed by atoms with Gasteiger partial charge in [0.25, 0.3) is 0 Å². The summed E-state index contributed by atoms with van der Waals surface area (Å²) in [5.74, 6) is -0.0691. The van der Waals surface area contributed by atoms with Gasteiger partial charge in [0.2, 0.25) is 0 Å². The van der Waals surface area contributed by atoms with Crippen LogP contribution in [0.25, 0.3) is 0 Å². The normalized spacial score (nSPS) is 14.0. The maximum Gasteiger partial charge on any atom is 0.422 e. The largest absolute Gasteiger partial charge is 0.482 e. The van der Waals surface area contributed by atoms with Crippen molar-refractivity contribution in [3.63, 3.8) is 0 Å². The van der Waals surface area contributed by atoms with E-state index in [1.807, 2.05) is 6.92 Å². The van der Waals surface area contributed by atoms with E-state index < -0.39 is 24.4 Å². The minimum atomic E-state index is -4.46. The molecule has 0 aromatic heterocycles. The van der Waals surface area contributed by atoms with E-state index in [1.54, 1.807) is 13.0 Å². The Morgan fingerprint density at radius 2 is 1.96 bits per heavy atom. The molecule has 3 N–H and O–H groups in total. The average Bonchev–Trinajstić information content (AvgIpc) is 2.45. The van der Waals surface area contributed by atoms with Crippen LogP contribution >= 0.6 is 0 Å². The average molecular weight is 334 g/mol. The summed E-state index contributed by atoms with van der Waals surface area (Å²) >= 11 is 0. The van der Waals surface area contributed by atoms with Crippen LogP contribution in [0.4, 0.5) is 23.7 Å². The summed E-state index contributed by atoms with van der Waals surface area (Å²) in [6, 6.07) is 5.29. The SMILES string of the molecule is CCC(C)(CCO)NC(=O)Nc1ccccc1OCC(F)(F)F. The third-order valence-corrected chi connectivity index (χ3v) is 3.39. The standard InChI is InChI=1S/C15H21F3N2O3/c1-3-14(2,8-9-21)20-13(22)19-11-6-4-5-7-12(11)23-10-15(16,17)18/h4-7,21H,3,8-10H2,1-2H3,(H2,19,20,22). The van der Waals surface area contributed by atoms with Gasteiger partial charge in [-0.15, -0.1) is 0 Å². The molecule has 0 aliphatic carbocycles. The van der Waals surface area contributed by atoms with E-state index in [0.717, 1.165) is 0 Å². The zero-order valence-electron chi connectivity index (χ0n) is 13.0. The number of anilines is 1.